The predicted octanol–water partition coefficient (Wildman–Crippen LogP) is 3.56. The molecule has 0 bridgehead atoms. The van der Waals surface area contributed by atoms with Gasteiger partial charge in [0.1, 0.15) is 11.6 Å². The number of aromatic amines is 1. The summed E-state index contributed by atoms with van der Waals surface area (Å²) in [5, 5.41) is 7.76. The van der Waals surface area contributed by atoms with Crippen molar-refractivity contribution in [2.24, 2.45) is 4.99 Å². The van der Waals surface area contributed by atoms with Gasteiger partial charge in [-0.15, -0.1) is 24.0 Å². The number of furan rings is 1. The highest BCUT2D eigenvalue weighted by molar-refractivity contribution is 14.0. The molecule has 1 saturated heterocycles. The summed E-state index contributed by atoms with van der Waals surface area (Å²) in [7, 11) is 0. The normalized spacial score (nSPS) is 14.9. The highest BCUT2D eigenvalue weighted by atomic mass is 127. The maximum atomic E-state index is 13.6. The van der Waals surface area contributed by atoms with Crippen LogP contribution in [0.2, 0.25) is 0 Å². The van der Waals surface area contributed by atoms with E-state index in [1.807, 2.05) is 18.3 Å². The van der Waals surface area contributed by atoms with E-state index in [0.717, 1.165) is 93.4 Å². The second kappa shape index (κ2) is 13.6. The van der Waals surface area contributed by atoms with Crippen LogP contribution >= 0.6 is 24.0 Å². The molecule has 3 aromatic rings. The highest BCUT2D eigenvalue weighted by Gasteiger charge is 2.09. The van der Waals surface area contributed by atoms with E-state index in [2.05, 4.69) is 20.5 Å². The van der Waals surface area contributed by atoms with Crippen molar-refractivity contribution in [1.82, 2.24) is 20.5 Å². The lowest BCUT2D eigenvalue weighted by Crippen LogP contribution is -2.40. The molecule has 2 aromatic heterocycles. The Hall–Kier alpha value is -2.11. The molecule has 0 amide bonds. The lowest BCUT2D eigenvalue weighted by molar-refractivity contribution is 0.0377. The number of guanidine groups is 1. The molecule has 3 heterocycles. The number of hydrogen-bond donors (Lipinski definition) is 3. The Bertz CT molecular complexity index is 986. The molecule has 0 aliphatic carbocycles. The number of fused-ring (bicyclic) bond motifs is 1. The van der Waals surface area contributed by atoms with Gasteiger partial charge < -0.3 is 24.8 Å². The first-order chi connectivity index (χ1) is 15.8. The summed E-state index contributed by atoms with van der Waals surface area (Å²) in [4.78, 5) is 10.4. The largest absolute Gasteiger partial charge is 0.469 e. The van der Waals surface area contributed by atoms with Gasteiger partial charge in [0.15, 0.2) is 5.96 Å². The fraction of sp³-hybridized carbons (Fsp3) is 0.458. The second-order valence-corrected chi connectivity index (χ2v) is 7.97. The fourth-order valence-corrected chi connectivity index (χ4v) is 3.92. The van der Waals surface area contributed by atoms with Gasteiger partial charge in [-0.3, -0.25) is 9.89 Å². The van der Waals surface area contributed by atoms with Crippen LogP contribution < -0.4 is 10.6 Å². The highest BCUT2D eigenvalue weighted by Crippen LogP contribution is 2.19. The van der Waals surface area contributed by atoms with E-state index in [-0.39, 0.29) is 29.8 Å². The van der Waals surface area contributed by atoms with Crippen LogP contribution in [-0.2, 0) is 17.6 Å². The monoisotopic (exact) mass is 569 g/mol. The zero-order valence-electron chi connectivity index (χ0n) is 18.8. The van der Waals surface area contributed by atoms with Gasteiger partial charge in [0.05, 0.1) is 19.5 Å². The van der Waals surface area contributed by atoms with Gasteiger partial charge >= 0.3 is 0 Å². The van der Waals surface area contributed by atoms with E-state index in [1.165, 1.54) is 6.07 Å². The molecule has 0 unspecified atom stereocenters. The van der Waals surface area contributed by atoms with Gasteiger partial charge in [0, 0.05) is 62.8 Å². The number of morpholine rings is 1. The molecule has 1 fully saturated rings. The maximum Gasteiger partial charge on any atom is 0.191 e. The Morgan fingerprint density at radius 2 is 1.94 bits per heavy atom. The number of nitrogens with zero attached hydrogens (tertiary/aromatic N) is 2. The molecule has 0 saturated carbocycles. The topological polar surface area (TPSA) is 77.8 Å². The van der Waals surface area contributed by atoms with Gasteiger partial charge in [0.2, 0.25) is 0 Å². The lowest BCUT2D eigenvalue weighted by Gasteiger charge is -2.26. The van der Waals surface area contributed by atoms with Crippen molar-refractivity contribution in [1.29, 1.82) is 0 Å². The minimum absolute atomic E-state index is 0. The predicted molar refractivity (Wildman–Crippen MR) is 140 cm³/mol. The van der Waals surface area contributed by atoms with Crippen molar-refractivity contribution in [3.05, 3.63) is 59.9 Å². The summed E-state index contributed by atoms with van der Waals surface area (Å²) in [5.74, 6) is 1.53. The van der Waals surface area contributed by atoms with Crippen molar-refractivity contribution >= 4 is 40.8 Å². The molecule has 180 valence electrons. The van der Waals surface area contributed by atoms with Crippen molar-refractivity contribution in [3.63, 3.8) is 0 Å². The molecule has 3 N–H and O–H groups in total. The lowest BCUT2D eigenvalue weighted by atomic mass is 10.1. The first-order valence-corrected chi connectivity index (χ1v) is 11.4. The second-order valence-electron chi connectivity index (χ2n) is 7.97. The van der Waals surface area contributed by atoms with E-state index in [4.69, 9.17) is 14.1 Å². The minimum atomic E-state index is -0.214. The average molecular weight is 569 g/mol. The maximum absolute atomic E-state index is 13.6. The summed E-state index contributed by atoms with van der Waals surface area (Å²) in [6.45, 7) is 6.88. The summed E-state index contributed by atoms with van der Waals surface area (Å²) in [5.41, 5.74) is 2.05. The summed E-state index contributed by atoms with van der Waals surface area (Å²) in [6, 6.07) is 8.72. The molecule has 1 aliphatic rings. The Morgan fingerprint density at radius 1 is 1.12 bits per heavy atom. The number of benzene rings is 1. The van der Waals surface area contributed by atoms with Gasteiger partial charge in [-0.2, -0.15) is 0 Å². The number of aromatic nitrogens is 1. The zero-order chi connectivity index (χ0) is 22.0. The summed E-state index contributed by atoms with van der Waals surface area (Å²) >= 11 is 0. The van der Waals surface area contributed by atoms with Crippen LogP contribution in [0.15, 0.2) is 52.2 Å². The van der Waals surface area contributed by atoms with Crippen LogP contribution in [0.4, 0.5) is 4.39 Å². The molecule has 7 nitrogen and oxygen atoms in total. The van der Waals surface area contributed by atoms with Gasteiger partial charge in [0.25, 0.3) is 0 Å². The van der Waals surface area contributed by atoms with Crippen LogP contribution in [-0.4, -0.2) is 68.3 Å². The average Bonchev–Trinajstić information content (AvgIpc) is 3.47. The molecular formula is C24H33FIN5O2. The number of rotatable bonds is 10. The van der Waals surface area contributed by atoms with Crippen molar-refractivity contribution in [2.75, 3.05) is 52.5 Å². The van der Waals surface area contributed by atoms with E-state index in [1.54, 1.807) is 18.4 Å². The minimum Gasteiger partial charge on any atom is -0.469 e. The molecule has 0 radical (unpaired) electrons. The third-order valence-electron chi connectivity index (χ3n) is 5.67. The Balaban J connectivity index is 0.00000306. The number of hydrogen-bond acceptors (Lipinski definition) is 4. The van der Waals surface area contributed by atoms with Crippen LogP contribution in [0.5, 0.6) is 0 Å². The van der Waals surface area contributed by atoms with Crippen LogP contribution in [0.3, 0.4) is 0 Å². The van der Waals surface area contributed by atoms with Crippen molar-refractivity contribution < 1.29 is 13.5 Å². The van der Waals surface area contributed by atoms with Crippen molar-refractivity contribution in [3.8, 4) is 0 Å². The first-order valence-electron chi connectivity index (χ1n) is 11.4. The van der Waals surface area contributed by atoms with Gasteiger partial charge in [-0.05, 0) is 48.7 Å². The quantitative estimate of drug-likeness (QED) is 0.151. The molecule has 9 heteroatoms. The van der Waals surface area contributed by atoms with Gasteiger partial charge in [-0.1, -0.05) is 0 Å². The molecule has 33 heavy (non-hydrogen) atoms. The molecular weight excluding hydrogens is 536 g/mol. The first kappa shape index (κ1) is 25.5. The Labute approximate surface area is 211 Å². The van der Waals surface area contributed by atoms with E-state index >= 15 is 0 Å². The fourth-order valence-electron chi connectivity index (χ4n) is 3.92. The third kappa shape index (κ3) is 8.01. The number of halogens is 2. The molecule has 1 aromatic carbocycles. The van der Waals surface area contributed by atoms with Crippen LogP contribution in [0.1, 0.15) is 17.7 Å². The Morgan fingerprint density at radius 3 is 2.73 bits per heavy atom. The number of nitrogens with one attached hydrogen (secondary N) is 3. The van der Waals surface area contributed by atoms with E-state index in [9.17, 15) is 4.39 Å². The number of aliphatic imine (C=N–C) groups is 1. The molecule has 0 spiro atoms. The summed E-state index contributed by atoms with van der Waals surface area (Å²) in [6.07, 6.45) is 6.22. The smallest absolute Gasteiger partial charge is 0.191 e. The van der Waals surface area contributed by atoms with Crippen LogP contribution in [0, 0.1) is 5.82 Å². The summed E-state index contributed by atoms with van der Waals surface area (Å²) < 4.78 is 24.5. The van der Waals surface area contributed by atoms with Crippen LogP contribution in [0.25, 0.3) is 10.9 Å². The van der Waals surface area contributed by atoms with E-state index < -0.39 is 0 Å². The third-order valence-corrected chi connectivity index (χ3v) is 5.67. The SMILES string of the molecule is Fc1ccc2[nH]cc(CCNC(=NCCCN3CCOCC3)NCCc3ccco3)c2c1.I. The number of ether oxygens (including phenoxy) is 1. The zero-order valence-corrected chi connectivity index (χ0v) is 21.1. The molecule has 1 aliphatic heterocycles. The van der Waals surface area contributed by atoms with Gasteiger partial charge in [-0.25, -0.2) is 4.39 Å². The molecule has 0 atom stereocenters. The molecule has 4 rings (SSSR count). The van der Waals surface area contributed by atoms with Crippen molar-refractivity contribution in [2.45, 2.75) is 19.3 Å². The standard InChI is InChI=1S/C24H32FN5O2.HI/c25-20-4-5-23-22(17-20)19(18-29-23)6-9-27-24(28-10-7-21-3-1-14-32-21)26-8-2-11-30-12-15-31-16-13-30;/h1,3-5,14,17-18,29H,2,6-13,15-16H2,(H2,26,27,28);1H. The number of H-pyrrole nitrogens is 1. The van der Waals surface area contributed by atoms with E-state index in [0.29, 0.717) is 6.54 Å². The Kier molecular flexibility index (Phi) is 10.5.